The topological polar surface area (TPSA) is 50.8 Å². The molecule has 102 valence electrons. The molecule has 20 heavy (non-hydrogen) atoms. The number of fused-ring (bicyclic) bond motifs is 1. The Morgan fingerprint density at radius 3 is 2.85 bits per heavy atom. The van der Waals surface area contributed by atoms with Gasteiger partial charge in [0.15, 0.2) is 5.16 Å². The Hall–Kier alpha value is -2.01. The molecule has 0 aliphatic heterocycles. The maximum absolute atomic E-state index is 5.77. The van der Waals surface area contributed by atoms with E-state index in [1.54, 1.807) is 11.8 Å². The number of benzene rings is 2. The second-order valence-corrected chi connectivity index (χ2v) is 5.43. The van der Waals surface area contributed by atoms with Crippen molar-refractivity contribution in [2.45, 2.75) is 11.6 Å². The molecule has 1 aromatic heterocycles. The quantitative estimate of drug-likeness (QED) is 0.556. The summed E-state index contributed by atoms with van der Waals surface area (Å²) in [5, 5.41) is 9.94. The smallest absolute Gasteiger partial charge is 0.183 e. The van der Waals surface area contributed by atoms with Crippen molar-refractivity contribution in [3.63, 3.8) is 0 Å². The molecule has 1 N–H and O–H groups in total. The molecule has 0 atom stereocenters. The molecule has 0 saturated carbocycles. The van der Waals surface area contributed by atoms with Gasteiger partial charge in [0.05, 0.1) is 6.61 Å². The molecular weight excluding hydrogens is 270 g/mol. The predicted octanol–water partition coefficient (Wildman–Crippen LogP) is 3.52. The number of aromatic nitrogens is 3. The van der Waals surface area contributed by atoms with Gasteiger partial charge in [0.2, 0.25) is 0 Å². The van der Waals surface area contributed by atoms with E-state index in [0.717, 1.165) is 23.1 Å². The van der Waals surface area contributed by atoms with Crippen LogP contribution in [0.15, 0.2) is 53.9 Å². The van der Waals surface area contributed by atoms with Crippen molar-refractivity contribution < 1.29 is 4.74 Å². The van der Waals surface area contributed by atoms with E-state index >= 15 is 0 Å². The Labute approximate surface area is 121 Å². The molecule has 0 bridgehead atoms. The Bertz CT molecular complexity index is 670. The Morgan fingerprint density at radius 1 is 1.10 bits per heavy atom. The van der Waals surface area contributed by atoms with Gasteiger partial charge in [-0.3, -0.25) is 5.10 Å². The van der Waals surface area contributed by atoms with E-state index in [4.69, 9.17) is 4.74 Å². The summed E-state index contributed by atoms with van der Waals surface area (Å²) in [7, 11) is 0. The first kappa shape index (κ1) is 13.0. The summed E-state index contributed by atoms with van der Waals surface area (Å²) in [5.41, 5.74) is 0. The molecule has 0 unspecified atom stereocenters. The molecule has 1 heterocycles. The summed E-state index contributed by atoms with van der Waals surface area (Å²) < 4.78 is 5.77. The van der Waals surface area contributed by atoms with Crippen LogP contribution in [0.4, 0.5) is 0 Å². The number of nitrogens with zero attached hydrogens (tertiary/aromatic N) is 2. The molecule has 3 aromatic rings. The van der Waals surface area contributed by atoms with Gasteiger partial charge in [0, 0.05) is 5.75 Å². The number of aromatic amines is 1. The Kier molecular flexibility index (Phi) is 4.18. The van der Waals surface area contributed by atoms with E-state index in [9.17, 15) is 0 Å². The average molecular weight is 285 g/mol. The summed E-state index contributed by atoms with van der Waals surface area (Å²) in [6, 6.07) is 14.5. The van der Waals surface area contributed by atoms with Gasteiger partial charge < -0.3 is 4.74 Å². The molecule has 0 spiro atoms. The predicted molar refractivity (Wildman–Crippen MR) is 81.2 cm³/mol. The lowest BCUT2D eigenvalue weighted by atomic mass is 10.1. The summed E-state index contributed by atoms with van der Waals surface area (Å²) in [4.78, 5) is 4.06. The van der Waals surface area contributed by atoms with Gasteiger partial charge in [-0.2, -0.15) is 5.10 Å². The Morgan fingerprint density at radius 2 is 2.00 bits per heavy atom. The first-order valence-electron chi connectivity index (χ1n) is 6.51. The highest BCUT2D eigenvalue weighted by Gasteiger charge is 1.99. The highest BCUT2D eigenvalue weighted by atomic mass is 32.2. The number of rotatable bonds is 6. The molecule has 0 fully saturated rings. The van der Waals surface area contributed by atoms with E-state index < -0.39 is 0 Å². The zero-order chi connectivity index (χ0) is 13.6. The van der Waals surface area contributed by atoms with E-state index in [2.05, 4.69) is 39.4 Å². The molecule has 0 aliphatic carbocycles. The fourth-order valence-electron chi connectivity index (χ4n) is 1.94. The largest absolute Gasteiger partial charge is 0.494 e. The van der Waals surface area contributed by atoms with Crippen molar-refractivity contribution in [3.05, 3.63) is 48.8 Å². The van der Waals surface area contributed by atoms with Crippen LogP contribution in [0.25, 0.3) is 10.8 Å². The first-order valence-corrected chi connectivity index (χ1v) is 7.50. The number of nitrogens with one attached hydrogen (secondary N) is 1. The van der Waals surface area contributed by atoms with Gasteiger partial charge in [-0.1, -0.05) is 42.1 Å². The van der Waals surface area contributed by atoms with Crippen molar-refractivity contribution in [2.24, 2.45) is 0 Å². The minimum absolute atomic E-state index is 0.708. The SMILES string of the molecule is c1ccc2cc(OCCCSc3ncn[nH]3)ccc2c1. The maximum Gasteiger partial charge on any atom is 0.183 e. The molecule has 4 nitrogen and oxygen atoms in total. The van der Waals surface area contributed by atoms with Crippen molar-refractivity contribution in [2.75, 3.05) is 12.4 Å². The third-order valence-electron chi connectivity index (χ3n) is 2.91. The number of hydrogen-bond donors (Lipinski definition) is 1. The van der Waals surface area contributed by atoms with Crippen molar-refractivity contribution in [3.8, 4) is 5.75 Å². The highest BCUT2D eigenvalue weighted by Crippen LogP contribution is 2.21. The van der Waals surface area contributed by atoms with Crippen LogP contribution in [0.2, 0.25) is 0 Å². The zero-order valence-corrected chi connectivity index (χ0v) is 11.8. The Balaban J connectivity index is 1.47. The summed E-state index contributed by atoms with van der Waals surface area (Å²) in [5.74, 6) is 1.89. The van der Waals surface area contributed by atoms with Crippen LogP contribution in [-0.2, 0) is 0 Å². The van der Waals surface area contributed by atoms with E-state index in [-0.39, 0.29) is 0 Å². The van der Waals surface area contributed by atoms with Gasteiger partial charge >= 0.3 is 0 Å². The van der Waals surface area contributed by atoms with Gasteiger partial charge in [-0.25, -0.2) is 4.98 Å². The van der Waals surface area contributed by atoms with Gasteiger partial charge in [0.1, 0.15) is 12.1 Å². The summed E-state index contributed by atoms with van der Waals surface area (Å²) >= 11 is 1.66. The lowest BCUT2D eigenvalue weighted by Crippen LogP contribution is -1.98. The van der Waals surface area contributed by atoms with Gasteiger partial charge in [-0.05, 0) is 29.3 Å². The molecule has 0 aliphatic rings. The third kappa shape index (κ3) is 3.30. The molecule has 5 heteroatoms. The molecular formula is C15H15N3OS. The fraction of sp³-hybridized carbons (Fsp3) is 0.200. The second-order valence-electron chi connectivity index (χ2n) is 4.35. The molecule has 0 saturated heterocycles. The van der Waals surface area contributed by atoms with Crippen LogP contribution < -0.4 is 4.74 Å². The van der Waals surface area contributed by atoms with Gasteiger partial charge in [0.25, 0.3) is 0 Å². The number of hydrogen-bond acceptors (Lipinski definition) is 4. The van der Waals surface area contributed by atoms with Gasteiger partial charge in [-0.15, -0.1) is 0 Å². The minimum atomic E-state index is 0.708. The van der Waals surface area contributed by atoms with Crippen molar-refractivity contribution in [1.82, 2.24) is 15.2 Å². The zero-order valence-electron chi connectivity index (χ0n) is 11.0. The lowest BCUT2D eigenvalue weighted by molar-refractivity contribution is 0.319. The summed E-state index contributed by atoms with van der Waals surface area (Å²) in [6.07, 6.45) is 2.49. The van der Waals surface area contributed by atoms with E-state index in [1.807, 2.05) is 18.2 Å². The third-order valence-corrected chi connectivity index (χ3v) is 3.87. The molecule has 2 aromatic carbocycles. The van der Waals surface area contributed by atoms with Crippen molar-refractivity contribution in [1.29, 1.82) is 0 Å². The molecule has 3 rings (SSSR count). The monoisotopic (exact) mass is 285 g/mol. The maximum atomic E-state index is 5.77. The minimum Gasteiger partial charge on any atom is -0.494 e. The molecule has 0 radical (unpaired) electrons. The first-order chi connectivity index (χ1) is 9.92. The average Bonchev–Trinajstić information content (AvgIpc) is 3.00. The van der Waals surface area contributed by atoms with E-state index in [1.165, 1.54) is 17.1 Å². The normalized spacial score (nSPS) is 10.8. The second kappa shape index (κ2) is 6.43. The van der Waals surface area contributed by atoms with Crippen molar-refractivity contribution >= 4 is 22.5 Å². The van der Waals surface area contributed by atoms with Crippen LogP contribution in [0.3, 0.4) is 0 Å². The highest BCUT2D eigenvalue weighted by molar-refractivity contribution is 7.99. The standard InChI is InChI=1S/C15H15N3OS/c1-2-5-13-10-14(7-6-12(13)4-1)19-8-3-9-20-15-16-11-17-18-15/h1-2,4-7,10-11H,3,8-9H2,(H,16,17,18). The van der Waals surface area contributed by atoms with E-state index in [0.29, 0.717) is 6.61 Å². The van der Waals surface area contributed by atoms with Crippen LogP contribution in [0, 0.1) is 0 Å². The van der Waals surface area contributed by atoms with Crippen LogP contribution >= 0.6 is 11.8 Å². The number of thioether (sulfide) groups is 1. The summed E-state index contributed by atoms with van der Waals surface area (Å²) in [6.45, 7) is 0.708. The number of ether oxygens (including phenoxy) is 1. The van der Waals surface area contributed by atoms with Crippen LogP contribution in [0.5, 0.6) is 5.75 Å². The van der Waals surface area contributed by atoms with Crippen LogP contribution in [-0.4, -0.2) is 27.5 Å². The van der Waals surface area contributed by atoms with Crippen LogP contribution in [0.1, 0.15) is 6.42 Å². The number of H-pyrrole nitrogens is 1. The fourth-order valence-corrected chi connectivity index (χ4v) is 2.63. The molecule has 0 amide bonds. The lowest BCUT2D eigenvalue weighted by Gasteiger charge is -2.06.